The van der Waals surface area contributed by atoms with Crippen LogP contribution in [0.25, 0.3) is 0 Å². The topological polar surface area (TPSA) is 53.1 Å². The Hall–Kier alpha value is -1.30. The number of hydrogen-bond acceptors (Lipinski definition) is 4. The van der Waals surface area contributed by atoms with Crippen LogP contribution in [-0.2, 0) is 9.53 Å². The van der Waals surface area contributed by atoms with E-state index >= 15 is 0 Å². The minimum absolute atomic E-state index is 0.221. The lowest BCUT2D eigenvalue weighted by Gasteiger charge is -2.34. The predicted molar refractivity (Wildman–Crippen MR) is 66.2 cm³/mol. The second-order valence-electron chi connectivity index (χ2n) is 4.82. The van der Waals surface area contributed by atoms with Crippen LogP contribution in [0.3, 0.4) is 0 Å². The predicted octanol–water partition coefficient (Wildman–Crippen LogP) is -0.00720. The van der Waals surface area contributed by atoms with Gasteiger partial charge in [-0.1, -0.05) is 0 Å². The fourth-order valence-corrected chi connectivity index (χ4v) is 2.48. The van der Waals surface area contributed by atoms with Crippen molar-refractivity contribution in [2.24, 2.45) is 0 Å². The maximum Gasteiger partial charge on any atom is 0.409 e. The van der Waals surface area contributed by atoms with Crippen LogP contribution < -0.4 is 0 Å². The standard InChI is InChI=1S/C12H21N3O3/c1-18-12(17)15-8-6-13(7-9-15)10-11(16)14-4-2-3-5-14/h2-10H2,1H3. The first kappa shape index (κ1) is 13.1. The van der Waals surface area contributed by atoms with Crippen molar-refractivity contribution in [1.29, 1.82) is 0 Å². The van der Waals surface area contributed by atoms with Crippen molar-refractivity contribution in [3.05, 3.63) is 0 Å². The number of amides is 2. The lowest BCUT2D eigenvalue weighted by atomic mass is 10.3. The van der Waals surface area contributed by atoms with Gasteiger partial charge in [-0.15, -0.1) is 0 Å². The molecule has 0 unspecified atom stereocenters. The second kappa shape index (κ2) is 6.04. The molecule has 2 saturated heterocycles. The molecular weight excluding hydrogens is 234 g/mol. The third kappa shape index (κ3) is 3.13. The number of carbonyl (C=O) groups is 2. The molecule has 2 amide bonds. The van der Waals surface area contributed by atoms with Crippen molar-refractivity contribution in [1.82, 2.24) is 14.7 Å². The average Bonchev–Trinajstić information content (AvgIpc) is 2.92. The minimum Gasteiger partial charge on any atom is -0.453 e. The Morgan fingerprint density at radius 2 is 1.56 bits per heavy atom. The van der Waals surface area contributed by atoms with E-state index in [1.54, 1.807) is 4.90 Å². The van der Waals surface area contributed by atoms with Gasteiger partial charge in [-0.2, -0.15) is 0 Å². The summed E-state index contributed by atoms with van der Waals surface area (Å²) in [6.07, 6.45) is 1.98. The van der Waals surface area contributed by atoms with Crippen LogP contribution in [0.15, 0.2) is 0 Å². The molecule has 2 fully saturated rings. The molecule has 0 aromatic rings. The molecule has 2 heterocycles. The van der Waals surface area contributed by atoms with Crippen LogP contribution in [0.4, 0.5) is 4.79 Å². The Kier molecular flexibility index (Phi) is 4.41. The third-order valence-electron chi connectivity index (χ3n) is 3.62. The number of carbonyl (C=O) groups excluding carboxylic acids is 2. The van der Waals surface area contributed by atoms with E-state index in [2.05, 4.69) is 9.64 Å². The first-order valence-electron chi connectivity index (χ1n) is 6.53. The molecule has 18 heavy (non-hydrogen) atoms. The summed E-state index contributed by atoms with van der Waals surface area (Å²) in [6, 6.07) is 0. The van der Waals surface area contributed by atoms with Gasteiger partial charge in [-0.3, -0.25) is 9.69 Å². The van der Waals surface area contributed by atoms with Crippen LogP contribution >= 0.6 is 0 Å². The van der Waals surface area contributed by atoms with Gasteiger partial charge in [0.25, 0.3) is 0 Å². The SMILES string of the molecule is COC(=O)N1CCN(CC(=O)N2CCCC2)CC1. The molecule has 2 aliphatic rings. The van der Waals surface area contributed by atoms with E-state index in [9.17, 15) is 9.59 Å². The van der Waals surface area contributed by atoms with Crippen molar-refractivity contribution >= 4 is 12.0 Å². The highest BCUT2D eigenvalue weighted by atomic mass is 16.5. The zero-order valence-electron chi connectivity index (χ0n) is 10.9. The highest BCUT2D eigenvalue weighted by Crippen LogP contribution is 2.09. The number of methoxy groups -OCH3 is 1. The molecule has 0 aromatic carbocycles. The van der Waals surface area contributed by atoms with Crippen molar-refractivity contribution in [3.63, 3.8) is 0 Å². The Bertz CT molecular complexity index is 308. The van der Waals surface area contributed by atoms with Gasteiger partial charge in [0, 0.05) is 39.3 Å². The van der Waals surface area contributed by atoms with Gasteiger partial charge >= 0.3 is 6.09 Å². The summed E-state index contributed by atoms with van der Waals surface area (Å²) in [7, 11) is 1.39. The van der Waals surface area contributed by atoms with E-state index in [0.717, 1.165) is 39.0 Å². The Morgan fingerprint density at radius 3 is 2.11 bits per heavy atom. The number of hydrogen-bond donors (Lipinski definition) is 0. The Balaban J connectivity index is 1.73. The summed E-state index contributed by atoms with van der Waals surface area (Å²) in [4.78, 5) is 29.0. The largest absolute Gasteiger partial charge is 0.453 e. The Morgan fingerprint density at radius 1 is 0.944 bits per heavy atom. The summed E-state index contributed by atoms with van der Waals surface area (Å²) in [6.45, 7) is 5.06. The number of likely N-dealkylation sites (tertiary alicyclic amines) is 1. The van der Waals surface area contributed by atoms with E-state index in [-0.39, 0.29) is 12.0 Å². The molecule has 0 radical (unpaired) electrons. The first-order valence-corrected chi connectivity index (χ1v) is 6.53. The summed E-state index contributed by atoms with van der Waals surface area (Å²) in [5.41, 5.74) is 0. The number of piperazine rings is 1. The Labute approximate surface area is 107 Å². The van der Waals surface area contributed by atoms with Crippen LogP contribution in [0, 0.1) is 0 Å². The van der Waals surface area contributed by atoms with E-state index in [1.807, 2.05) is 4.90 Å². The van der Waals surface area contributed by atoms with E-state index in [1.165, 1.54) is 7.11 Å². The molecular formula is C12H21N3O3. The zero-order valence-corrected chi connectivity index (χ0v) is 10.9. The van der Waals surface area contributed by atoms with E-state index < -0.39 is 0 Å². The lowest BCUT2D eigenvalue weighted by molar-refractivity contribution is -0.131. The molecule has 2 rings (SSSR count). The van der Waals surface area contributed by atoms with Gasteiger partial charge < -0.3 is 14.5 Å². The van der Waals surface area contributed by atoms with Crippen molar-refractivity contribution in [2.45, 2.75) is 12.8 Å². The molecule has 0 spiro atoms. The van der Waals surface area contributed by atoms with Gasteiger partial charge in [-0.05, 0) is 12.8 Å². The zero-order chi connectivity index (χ0) is 13.0. The second-order valence-corrected chi connectivity index (χ2v) is 4.82. The van der Waals surface area contributed by atoms with Gasteiger partial charge in [-0.25, -0.2) is 4.79 Å². The molecule has 0 aromatic heterocycles. The molecule has 0 atom stereocenters. The molecule has 6 heteroatoms. The van der Waals surface area contributed by atoms with Gasteiger partial charge in [0.05, 0.1) is 13.7 Å². The highest BCUT2D eigenvalue weighted by Gasteiger charge is 2.25. The maximum absolute atomic E-state index is 12.0. The van der Waals surface area contributed by atoms with Crippen molar-refractivity contribution in [3.8, 4) is 0 Å². The quantitative estimate of drug-likeness (QED) is 0.696. The molecule has 0 aliphatic carbocycles. The molecule has 6 nitrogen and oxygen atoms in total. The summed E-state index contributed by atoms with van der Waals surface area (Å²) in [5.74, 6) is 0.221. The van der Waals surface area contributed by atoms with Crippen LogP contribution in [0.2, 0.25) is 0 Å². The summed E-state index contributed by atoms with van der Waals surface area (Å²) < 4.78 is 4.68. The van der Waals surface area contributed by atoms with Gasteiger partial charge in [0.2, 0.25) is 5.91 Å². The van der Waals surface area contributed by atoms with Gasteiger partial charge in [0.15, 0.2) is 0 Å². The third-order valence-corrected chi connectivity index (χ3v) is 3.62. The average molecular weight is 255 g/mol. The molecule has 2 aliphatic heterocycles. The normalized spacial score (nSPS) is 21.2. The molecule has 0 bridgehead atoms. The maximum atomic E-state index is 12.0. The molecule has 0 saturated carbocycles. The van der Waals surface area contributed by atoms with Crippen molar-refractivity contribution in [2.75, 3.05) is 52.9 Å². The summed E-state index contributed by atoms with van der Waals surface area (Å²) >= 11 is 0. The van der Waals surface area contributed by atoms with E-state index in [0.29, 0.717) is 19.6 Å². The summed E-state index contributed by atoms with van der Waals surface area (Å²) in [5, 5.41) is 0. The fourth-order valence-electron chi connectivity index (χ4n) is 2.48. The smallest absolute Gasteiger partial charge is 0.409 e. The number of nitrogens with zero attached hydrogens (tertiary/aromatic N) is 3. The van der Waals surface area contributed by atoms with Crippen LogP contribution in [-0.4, -0.2) is 79.6 Å². The number of rotatable bonds is 2. The van der Waals surface area contributed by atoms with Crippen LogP contribution in [0.5, 0.6) is 0 Å². The van der Waals surface area contributed by atoms with Crippen LogP contribution in [0.1, 0.15) is 12.8 Å². The van der Waals surface area contributed by atoms with Gasteiger partial charge in [0.1, 0.15) is 0 Å². The van der Waals surface area contributed by atoms with Crippen molar-refractivity contribution < 1.29 is 14.3 Å². The minimum atomic E-state index is -0.277. The number of ether oxygens (including phenoxy) is 1. The lowest BCUT2D eigenvalue weighted by Crippen LogP contribution is -2.51. The fraction of sp³-hybridized carbons (Fsp3) is 0.833. The monoisotopic (exact) mass is 255 g/mol. The van der Waals surface area contributed by atoms with E-state index in [4.69, 9.17) is 0 Å². The first-order chi connectivity index (χ1) is 8.70. The molecule has 102 valence electrons. The molecule has 0 N–H and O–H groups in total. The highest BCUT2D eigenvalue weighted by molar-refractivity contribution is 5.78.